The Labute approximate surface area is 141 Å². The number of aromatic nitrogens is 2. The van der Waals surface area contributed by atoms with Crippen LogP contribution in [0.15, 0.2) is 78.9 Å². The minimum atomic E-state index is 0.804. The van der Waals surface area contributed by atoms with E-state index in [1.807, 2.05) is 55.5 Å². The maximum absolute atomic E-state index is 5.84. The Balaban J connectivity index is 1.56. The van der Waals surface area contributed by atoms with E-state index in [-0.39, 0.29) is 0 Å². The first kappa shape index (κ1) is 14.5. The van der Waals surface area contributed by atoms with Crippen LogP contribution < -0.4 is 4.74 Å². The van der Waals surface area contributed by atoms with Crippen LogP contribution in [0.1, 0.15) is 11.4 Å². The van der Waals surface area contributed by atoms with Crippen molar-refractivity contribution in [2.75, 3.05) is 0 Å². The van der Waals surface area contributed by atoms with Crippen molar-refractivity contribution in [2.45, 2.75) is 13.5 Å². The van der Waals surface area contributed by atoms with Crippen LogP contribution in [0, 0.1) is 6.92 Å². The predicted molar refractivity (Wildman–Crippen MR) is 96.5 cm³/mol. The molecule has 0 aliphatic carbocycles. The number of nitrogens with zero attached hydrogens (tertiary/aromatic N) is 2. The molecule has 0 radical (unpaired) electrons. The summed E-state index contributed by atoms with van der Waals surface area (Å²) in [6.45, 7) is 2.85. The zero-order valence-electron chi connectivity index (χ0n) is 13.5. The molecule has 0 N–H and O–H groups in total. The van der Waals surface area contributed by atoms with Crippen LogP contribution in [0.4, 0.5) is 0 Å². The normalized spacial score (nSPS) is 10.9. The minimum Gasteiger partial charge on any atom is -0.457 e. The quantitative estimate of drug-likeness (QED) is 0.518. The van der Waals surface area contributed by atoms with Crippen LogP contribution in [-0.2, 0) is 6.54 Å². The Hall–Kier alpha value is -3.07. The second kappa shape index (κ2) is 6.20. The molecule has 0 spiro atoms. The average molecular weight is 314 g/mol. The Morgan fingerprint density at radius 1 is 0.792 bits per heavy atom. The first-order valence-electron chi connectivity index (χ1n) is 8.03. The second-order valence-electron chi connectivity index (χ2n) is 5.79. The first-order valence-corrected chi connectivity index (χ1v) is 8.03. The van der Waals surface area contributed by atoms with Gasteiger partial charge in [-0.3, -0.25) is 0 Å². The maximum atomic E-state index is 5.84. The average Bonchev–Trinajstić information content (AvgIpc) is 2.93. The molecule has 1 heterocycles. The Morgan fingerprint density at radius 2 is 1.46 bits per heavy atom. The standard InChI is InChI=1S/C21H18N2O/c1-16-22-20-9-5-6-10-21(20)23(16)15-17-11-13-19(14-12-17)24-18-7-3-2-4-8-18/h2-14H,15H2,1H3. The summed E-state index contributed by atoms with van der Waals surface area (Å²) >= 11 is 0. The van der Waals surface area contributed by atoms with Crippen molar-refractivity contribution in [3.05, 3.63) is 90.3 Å². The van der Waals surface area contributed by atoms with Gasteiger partial charge in [0.15, 0.2) is 0 Å². The Bertz CT molecular complexity index is 956. The number of aryl methyl sites for hydroxylation is 1. The van der Waals surface area contributed by atoms with Gasteiger partial charge in [-0.05, 0) is 48.9 Å². The fraction of sp³-hybridized carbons (Fsp3) is 0.0952. The van der Waals surface area contributed by atoms with Crippen LogP contribution >= 0.6 is 0 Å². The summed E-state index contributed by atoms with van der Waals surface area (Å²) in [4.78, 5) is 4.62. The maximum Gasteiger partial charge on any atom is 0.127 e. The molecule has 3 aromatic carbocycles. The summed E-state index contributed by atoms with van der Waals surface area (Å²) in [6, 6.07) is 26.3. The van der Waals surface area contributed by atoms with E-state index in [0.717, 1.165) is 29.4 Å². The zero-order chi connectivity index (χ0) is 16.4. The number of benzene rings is 3. The molecule has 0 aliphatic rings. The summed E-state index contributed by atoms with van der Waals surface area (Å²) < 4.78 is 8.08. The lowest BCUT2D eigenvalue weighted by atomic mass is 10.2. The van der Waals surface area contributed by atoms with Crippen LogP contribution in [0.2, 0.25) is 0 Å². The molecule has 0 saturated carbocycles. The molecule has 118 valence electrons. The Morgan fingerprint density at radius 3 is 2.25 bits per heavy atom. The van der Waals surface area contributed by atoms with Gasteiger partial charge in [0.05, 0.1) is 11.0 Å². The van der Waals surface area contributed by atoms with Gasteiger partial charge in [-0.1, -0.05) is 42.5 Å². The Kier molecular flexibility index (Phi) is 3.75. The lowest BCUT2D eigenvalue weighted by Gasteiger charge is -2.09. The van der Waals surface area contributed by atoms with Crippen molar-refractivity contribution in [1.29, 1.82) is 0 Å². The molecule has 0 atom stereocenters. The van der Waals surface area contributed by atoms with Gasteiger partial charge in [0.1, 0.15) is 17.3 Å². The van der Waals surface area contributed by atoms with Gasteiger partial charge in [-0.2, -0.15) is 0 Å². The van der Waals surface area contributed by atoms with Gasteiger partial charge in [-0.25, -0.2) is 4.98 Å². The van der Waals surface area contributed by atoms with Crippen molar-refractivity contribution in [2.24, 2.45) is 0 Å². The van der Waals surface area contributed by atoms with Crippen molar-refractivity contribution < 1.29 is 4.74 Å². The molecule has 24 heavy (non-hydrogen) atoms. The van der Waals surface area contributed by atoms with E-state index in [1.165, 1.54) is 11.1 Å². The molecule has 3 heteroatoms. The molecule has 0 unspecified atom stereocenters. The lowest BCUT2D eigenvalue weighted by molar-refractivity contribution is 0.482. The van der Waals surface area contributed by atoms with E-state index in [2.05, 4.69) is 39.9 Å². The molecular weight excluding hydrogens is 296 g/mol. The molecule has 0 amide bonds. The number of imidazole rings is 1. The van der Waals surface area contributed by atoms with Gasteiger partial charge in [0, 0.05) is 6.54 Å². The number of hydrogen-bond acceptors (Lipinski definition) is 2. The number of rotatable bonds is 4. The molecule has 0 fully saturated rings. The van der Waals surface area contributed by atoms with Crippen molar-refractivity contribution in [1.82, 2.24) is 9.55 Å². The third-order valence-corrected chi connectivity index (χ3v) is 4.09. The van der Waals surface area contributed by atoms with Gasteiger partial charge in [0.2, 0.25) is 0 Å². The van der Waals surface area contributed by atoms with E-state index in [4.69, 9.17) is 4.74 Å². The summed E-state index contributed by atoms with van der Waals surface area (Å²) in [7, 11) is 0. The first-order chi connectivity index (χ1) is 11.8. The van der Waals surface area contributed by atoms with Crippen molar-refractivity contribution in [3.8, 4) is 11.5 Å². The van der Waals surface area contributed by atoms with Crippen molar-refractivity contribution >= 4 is 11.0 Å². The zero-order valence-corrected chi connectivity index (χ0v) is 13.5. The lowest BCUT2D eigenvalue weighted by Crippen LogP contribution is -2.01. The number of hydrogen-bond donors (Lipinski definition) is 0. The largest absolute Gasteiger partial charge is 0.457 e. The molecule has 3 nitrogen and oxygen atoms in total. The SMILES string of the molecule is Cc1nc2ccccc2n1Cc1ccc(Oc2ccccc2)cc1. The van der Waals surface area contributed by atoms with E-state index in [0.29, 0.717) is 0 Å². The van der Waals surface area contributed by atoms with Crippen LogP contribution in [0.3, 0.4) is 0 Å². The minimum absolute atomic E-state index is 0.804. The monoisotopic (exact) mass is 314 g/mol. The van der Waals surface area contributed by atoms with Crippen LogP contribution in [0.5, 0.6) is 11.5 Å². The van der Waals surface area contributed by atoms with E-state index in [1.54, 1.807) is 0 Å². The van der Waals surface area contributed by atoms with E-state index in [9.17, 15) is 0 Å². The molecule has 4 aromatic rings. The highest BCUT2D eigenvalue weighted by Crippen LogP contribution is 2.22. The summed E-state index contributed by atoms with van der Waals surface area (Å²) in [6.07, 6.45) is 0. The third-order valence-electron chi connectivity index (χ3n) is 4.09. The van der Waals surface area contributed by atoms with Crippen LogP contribution in [0.25, 0.3) is 11.0 Å². The third kappa shape index (κ3) is 2.88. The summed E-state index contributed by atoms with van der Waals surface area (Å²) in [5.74, 6) is 2.72. The predicted octanol–water partition coefficient (Wildman–Crippen LogP) is 5.19. The smallest absolute Gasteiger partial charge is 0.127 e. The fourth-order valence-corrected chi connectivity index (χ4v) is 2.87. The molecule has 4 rings (SSSR count). The summed E-state index contributed by atoms with van der Waals surface area (Å²) in [5.41, 5.74) is 3.43. The van der Waals surface area contributed by atoms with Gasteiger partial charge in [0.25, 0.3) is 0 Å². The highest BCUT2D eigenvalue weighted by atomic mass is 16.5. The molecular formula is C21H18N2O. The van der Waals surface area contributed by atoms with Crippen molar-refractivity contribution in [3.63, 3.8) is 0 Å². The fourth-order valence-electron chi connectivity index (χ4n) is 2.87. The van der Waals surface area contributed by atoms with E-state index < -0.39 is 0 Å². The van der Waals surface area contributed by atoms with E-state index >= 15 is 0 Å². The molecule has 0 aliphatic heterocycles. The number of fused-ring (bicyclic) bond motifs is 1. The highest BCUT2D eigenvalue weighted by Gasteiger charge is 2.07. The van der Waals surface area contributed by atoms with Gasteiger partial charge in [-0.15, -0.1) is 0 Å². The topological polar surface area (TPSA) is 27.1 Å². The number of ether oxygens (including phenoxy) is 1. The van der Waals surface area contributed by atoms with Crippen LogP contribution in [-0.4, -0.2) is 9.55 Å². The summed E-state index contributed by atoms with van der Waals surface area (Å²) in [5, 5.41) is 0. The molecule has 1 aromatic heterocycles. The highest BCUT2D eigenvalue weighted by molar-refractivity contribution is 5.75. The number of para-hydroxylation sites is 3. The van der Waals surface area contributed by atoms with Gasteiger partial charge >= 0.3 is 0 Å². The van der Waals surface area contributed by atoms with Gasteiger partial charge < -0.3 is 9.30 Å². The molecule has 0 bridgehead atoms. The molecule has 0 saturated heterocycles. The second-order valence-corrected chi connectivity index (χ2v) is 5.79.